The fourth-order valence-corrected chi connectivity index (χ4v) is 3.74. The average molecular weight is 485 g/mol. The Morgan fingerprint density at radius 1 is 1.21 bits per heavy atom. The second-order valence-corrected chi connectivity index (χ2v) is 9.79. The molecule has 33 heavy (non-hydrogen) atoms. The van der Waals surface area contributed by atoms with Crippen LogP contribution < -0.4 is 0 Å². The van der Waals surface area contributed by atoms with E-state index < -0.39 is 27.0 Å². The van der Waals surface area contributed by atoms with Gasteiger partial charge in [-0.05, 0) is 67.0 Å². The molecule has 0 amide bonds. The van der Waals surface area contributed by atoms with Gasteiger partial charge in [-0.1, -0.05) is 44.2 Å². The van der Waals surface area contributed by atoms with Gasteiger partial charge in [0.05, 0.1) is 6.61 Å². The summed E-state index contributed by atoms with van der Waals surface area (Å²) in [6.07, 6.45) is 8.27. The summed E-state index contributed by atoms with van der Waals surface area (Å²) < 4.78 is 71.1. The van der Waals surface area contributed by atoms with E-state index in [1.807, 2.05) is 19.9 Å². The van der Waals surface area contributed by atoms with Crippen LogP contribution in [0.25, 0.3) is 11.3 Å². The number of allylic oxidation sites excluding steroid dienone is 6. The topological polar surface area (TPSA) is 69.7 Å². The lowest BCUT2D eigenvalue weighted by Gasteiger charge is -2.32. The molecule has 0 saturated carbocycles. The molecular formula is C24H27F3O5S. The van der Waals surface area contributed by atoms with E-state index in [0.29, 0.717) is 28.7 Å². The molecule has 5 nitrogen and oxygen atoms in total. The van der Waals surface area contributed by atoms with Crippen LogP contribution in [0.5, 0.6) is 0 Å². The molecule has 0 spiro atoms. The van der Waals surface area contributed by atoms with Crippen LogP contribution >= 0.6 is 0 Å². The van der Waals surface area contributed by atoms with Crippen molar-refractivity contribution in [3.63, 3.8) is 0 Å². The van der Waals surface area contributed by atoms with Crippen LogP contribution in [0.3, 0.4) is 0 Å². The van der Waals surface area contributed by atoms with Crippen LogP contribution in [0.15, 0.2) is 54.2 Å². The molecule has 0 aliphatic heterocycles. The van der Waals surface area contributed by atoms with Gasteiger partial charge in [-0.25, -0.2) is 4.79 Å². The summed E-state index contributed by atoms with van der Waals surface area (Å²) in [5.41, 5.74) is -2.80. The van der Waals surface area contributed by atoms with Crippen molar-refractivity contribution in [1.29, 1.82) is 0 Å². The van der Waals surface area contributed by atoms with E-state index in [1.165, 1.54) is 12.2 Å². The summed E-state index contributed by atoms with van der Waals surface area (Å²) in [6.45, 7) is 9.38. The largest absolute Gasteiger partial charge is 0.534 e. The third kappa shape index (κ3) is 6.60. The van der Waals surface area contributed by atoms with Gasteiger partial charge in [0.1, 0.15) is 5.76 Å². The van der Waals surface area contributed by atoms with Gasteiger partial charge in [0.25, 0.3) is 0 Å². The van der Waals surface area contributed by atoms with E-state index in [4.69, 9.17) is 4.74 Å². The molecule has 9 heteroatoms. The Bertz CT molecular complexity index is 1140. The summed E-state index contributed by atoms with van der Waals surface area (Å²) in [4.78, 5) is 11.5. The summed E-state index contributed by atoms with van der Waals surface area (Å²) >= 11 is 0. The summed E-state index contributed by atoms with van der Waals surface area (Å²) in [5, 5.41) is 0. The van der Waals surface area contributed by atoms with E-state index >= 15 is 0 Å². The number of halogens is 3. The summed E-state index contributed by atoms with van der Waals surface area (Å²) in [7, 11) is -5.79. The first kappa shape index (κ1) is 26.4. The SMILES string of the molecule is CCOC(=O)C=C(C)C=CC=C(C)c1ccc2c(c1)C(OS(=O)(=O)C(F)(F)F)=CCC2(C)C. The number of alkyl halides is 3. The fourth-order valence-electron chi connectivity index (χ4n) is 3.25. The molecule has 0 saturated heterocycles. The minimum atomic E-state index is -5.79. The van der Waals surface area contributed by atoms with Gasteiger partial charge in [-0.3, -0.25) is 0 Å². The van der Waals surface area contributed by atoms with E-state index in [0.717, 1.165) is 5.57 Å². The molecule has 1 aromatic rings. The van der Waals surface area contributed by atoms with Gasteiger partial charge in [0.2, 0.25) is 0 Å². The number of fused-ring (bicyclic) bond motifs is 1. The minimum absolute atomic E-state index is 0.283. The van der Waals surface area contributed by atoms with E-state index in [1.54, 1.807) is 51.1 Å². The van der Waals surface area contributed by atoms with Crippen molar-refractivity contribution >= 4 is 27.4 Å². The van der Waals surface area contributed by atoms with Crippen LogP contribution in [0, 0.1) is 0 Å². The molecule has 0 atom stereocenters. The second-order valence-electron chi connectivity index (χ2n) is 8.25. The summed E-state index contributed by atoms with van der Waals surface area (Å²) in [5.74, 6) is -0.772. The smallest absolute Gasteiger partial charge is 0.463 e. The number of rotatable bonds is 7. The highest BCUT2D eigenvalue weighted by atomic mass is 32.2. The Balaban J connectivity index is 2.38. The number of hydrogen-bond donors (Lipinski definition) is 0. The maximum absolute atomic E-state index is 12.9. The van der Waals surface area contributed by atoms with Crippen LogP contribution in [0.4, 0.5) is 13.2 Å². The van der Waals surface area contributed by atoms with Crippen molar-refractivity contribution < 1.29 is 35.3 Å². The third-order valence-corrected chi connectivity index (χ3v) is 6.05. The van der Waals surface area contributed by atoms with Gasteiger partial charge in [0, 0.05) is 11.6 Å². The van der Waals surface area contributed by atoms with E-state index in [9.17, 15) is 26.4 Å². The number of carbonyl (C=O) groups excluding carboxylic acids is 1. The zero-order valence-corrected chi connectivity index (χ0v) is 19.9. The van der Waals surface area contributed by atoms with Crippen molar-refractivity contribution in [3.8, 4) is 0 Å². The molecule has 0 fully saturated rings. The molecule has 1 aliphatic carbocycles. The normalized spacial score (nSPS) is 16.9. The standard InChI is InChI=1S/C24H27F3O5S/c1-6-31-22(28)14-16(2)8-7-9-17(3)18-10-11-20-19(15-18)21(12-13-23(20,4)5)32-33(29,30)24(25,26)27/h7-12,14-15H,6,13H2,1-5H3. The zero-order chi connectivity index (χ0) is 25.0. The predicted molar refractivity (Wildman–Crippen MR) is 121 cm³/mol. The van der Waals surface area contributed by atoms with Crippen LogP contribution in [-0.2, 0) is 29.2 Å². The average Bonchev–Trinajstić information content (AvgIpc) is 2.69. The van der Waals surface area contributed by atoms with Gasteiger partial charge in [0.15, 0.2) is 0 Å². The zero-order valence-electron chi connectivity index (χ0n) is 19.1. The van der Waals surface area contributed by atoms with Crippen LogP contribution in [-0.4, -0.2) is 26.5 Å². The lowest BCUT2D eigenvalue weighted by molar-refractivity contribution is -0.137. The monoisotopic (exact) mass is 484 g/mol. The Hall–Kier alpha value is -2.81. The van der Waals surface area contributed by atoms with Crippen molar-refractivity contribution in [3.05, 3.63) is 70.8 Å². The molecular weight excluding hydrogens is 457 g/mol. The molecule has 1 aromatic carbocycles. The number of hydrogen-bond acceptors (Lipinski definition) is 5. The van der Waals surface area contributed by atoms with Crippen molar-refractivity contribution in [2.45, 2.75) is 52.0 Å². The Morgan fingerprint density at radius 3 is 2.48 bits per heavy atom. The number of carbonyl (C=O) groups is 1. The highest BCUT2D eigenvalue weighted by Gasteiger charge is 2.49. The number of ether oxygens (including phenoxy) is 1. The van der Waals surface area contributed by atoms with E-state index in [-0.39, 0.29) is 12.4 Å². The molecule has 2 rings (SSSR count). The number of benzene rings is 1. The molecule has 0 N–H and O–H groups in total. The Labute approximate surface area is 192 Å². The minimum Gasteiger partial charge on any atom is -0.463 e. The second kappa shape index (κ2) is 9.99. The lowest BCUT2D eigenvalue weighted by Crippen LogP contribution is -2.27. The Morgan fingerprint density at radius 2 is 1.88 bits per heavy atom. The summed E-state index contributed by atoms with van der Waals surface area (Å²) in [6, 6.07) is 5.21. The van der Waals surface area contributed by atoms with Crippen LogP contribution in [0.1, 0.15) is 57.7 Å². The van der Waals surface area contributed by atoms with Crippen molar-refractivity contribution in [2.75, 3.05) is 6.61 Å². The molecule has 180 valence electrons. The molecule has 0 heterocycles. The first-order valence-electron chi connectivity index (χ1n) is 10.2. The molecule has 0 radical (unpaired) electrons. The highest BCUT2D eigenvalue weighted by Crippen LogP contribution is 2.42. The highest BCUT2D eigenvalue weighted by molar-refractivity contribution is 7.87. The third-order valence-electron chi connectivity index (χ3n) is 5.09. The van der Waals surface area contributed by atoms with Gasteiger partial charge in [-0.15, -0.1) is 0 Å². The lowest BCUT2D eigenvalue weighted by atomic mass is 9.74. The van der Waals surface area contributed by atoms with Crippen molar-refractivity contribution in [2.24, 2.45) is 0 Å². The van der Waals surface area contributed by atoms with Gasteiger partial charge >= 0.3 is 21.6 Å². The first-order chi connectivity index (χ1) is 15.2. The number of esters is 1. The van der Waals surface area contributed by atoms with Gasteiger partial charge in [-0.2, -0.15) is 21.6 Å². The van der Waals surface area contributed by atoms with Crippen LogP contribution in [0.2, 0.25) is 0 Å². The fraction of sp³-hybridized carbons (Fsp3) is 0.375. The molecule has 1 aliphatic rings. The molecule has 0 bridgehead atoms. The maximum atomic E-state index is 12.9. The first-order valence-corrected chi connectivity index (χ1v) is 11.6. The Kier molecular flexibility index (Phi) is 8.00. The quantitative estimate of drug-likeness (QED) is 0.155. The molecule has 0 unspecified atom stereocenters. The predicted octanol–water partition coefficient (Wildman–Crippen LogP) is 6.04. The maximum Gasteiger partial charge on any atom is 0.534 e. The van der Waals surface area contributed by atoms with Gasteiger partial charge < -0.3 is 8.92 Å². The molecule has 0 aromatic heterocycles. The van der Waals surface area contributed by atoms with E-state index in [2.05, 4.69) is 4.18 Å². The van der Waals surface area contributed by atoms with Crippen molar-refractivity contribution in [1.82, 2.24) is 0 Å².